The second-order valence-electron chi connectivity index (χ2n) is 3.20. The summed E-state index contributed by atoms with van der Waals surface area (Å²) in [6.45, 7) is 0. The van der Waals surface area contributed by atoms with Crippen molar-refractivity contribution in [3.8, 4) is 0 Å². The van der Waals surface area contributed by atoms with Crippen molar-refractivity contribution >= 4 is 28.9 Å². The van der Waals surface area contributed by atoms with E-state index in [-0.39, 0.29) is 5.69 Å². The normalized spacial score (nSPS) is 10.3. The number of rotatable bonds is 3. The molecule has 2 rings (SSSR count). The highest BCUT2D eigenvalue weighted by atomic mass is 35.5. The van der Waals surface area contributed by atoms with E-state index in [1.165, 1.54) is 16.7 Å². The standard InChI is InChI=1S/C11H8ClNO2S/c12-8-4-2-1-3-7(8)5-10-13-9(6-16-10)11(14)15/h1-4,6H,5H2,(H,14,15). The van der Waals surface area contributed by atoms with Crippen LogP contribution in [0.4, 0.5) is 0 Å². The van der Waals surface area contributed by atoms with E-state index < -0.39 is 5.97 Å². The molecule has 0 bridgehead atoms. The highest BCUT2D eigenvalue weighted by Gasteiger charge is 2.09. The molecular formula is C11H8ClNO2S. The molecule has 0 saturated carbocycles. The number of hydrogen-bond donors (Lipinski definition) is 1. The van der Waals surface area contributed by atoms with E-state index in [1.807, 2.05) is 24.3 Å². The minimum absolute atomic E-state index is 0.0899. The maximum Gasteiger partial charge on any atom is 0.355 e. The lowest BCUT2D eigenvalue weighted by Crippen LogP contribution is -1.97. The third-order valence-electron chi connectivity index (χ3n) is 2.07. The summed E-state index contributed by atoms with van der Waals surface area (Å²) in [6, 6.07) is 7.47. The average molecular weight is 254 g/mol. The van der Waals surface area contributed by atoms with Crippen LogP contribution in [0.5, 0.6) is 0 Å². The lowest BCUT2D eigenvalue weighted by molar-refractivity contribution is 0.0691. The van der Waals surface area contributed by atoms with Crippen molar-refractivity contribution in [1.29, 1.82) is 0 Å². The zero-order valence-corrected chi connectivity index (χ0v) is 9.76. The van der Waals surface area contributed by atoms with Gasteiger partial charge in [0.2, 0.25) is 0 Å². The first-order valence-corrected chi connectivity index (χ1v) is 5.83. The number of nitrogens with zero attached hydrogens (tertiary/aromatic N) is 1. The predicted octanol–water partition coefficient (Wildman–Crippen LogP) is 3.09. The van der Waals surface area contributed by atoms with E-state index in [1.54, 1.807) is 0 Å². The van der Waals surface area contributed by atoms with Gasteiger partial charge in [-0.2, -0.15) is 0 Å². The van der Waals surface area contributed by atoms with Crippen LogP contribution in [0, 0.1) is 0 Å². The van der Waals surface area contributed by atoms with Gasteiger partial charge in [0.25, 0.3) is 0 Å². The Balaban J connectivity index is 2.21. The molecule has 1 aromatic heterocycles. The molecule has 1 N–H and O–H groups in total. The summed E-state index contributed by atoms with van der Waals surface area (Å²) in [4.78, 5) is 14.7. The van der Waals surface area contributed by atoms with Crippen molar-refractivity contribution in [2.24, 2.45) is 0 Å². The van der Waals surface area contributed by atoms with E-state index in [0.717, 1.165) is 10.6 Å². The van der Waals surface area contributed by atoms with E-state index in [4.69, 9.17) is 16.7 Å². The van der Waals surface area contributed by atoms with Gasteiger partial charge in [-0.25, -0.2) is 9.78 Å². The van der Waals surface area contributed by atoms with E-state index in [0.29, 0.717) is 11.4 Å². The molecule has 0 amide bonds. The van der Waals surface area contributed by atoms with E-state index in [2.05, 4.69) is 4.98 Å². The maximum absolute atomic E-state index is 10.7. The molecule has 3 nitrogen and oxygen atoms in total. The number of hydrogen-bond acceptors (Lipinski definition) is 3. The number of thiazole rings is 1. The fourth-order valence-electron chi connectivity index (χ4n) is 1.29. The largest absolute Gasteiger partial charge is 0.476 e. The van der Waals surface area contributed by atoms with Crippen molar-refractivity contribution in [3.63, 3.8) is 0 Å². The monoisotopic (exact) mass is 253 g/mol. The summed E-state index contributed by atoms with van der Waals surface area (Å²) in [5.41, 5.74) is 1.04. The number of aromatic nitrogens is 1. The van der Waals surface area contributed by atoms with Gasteiger partial charge in [-0.1, -0.05) is 29.8 Å². The highest BCUT2D eigenvalue weighted by Crippen LogP contribution is 2.20. The summed E-state index contributed by atoms with van der Waals surface area (Å²) >= 11 is 7.33. The fourth-order valence-corrected chi connectivity index (χ4v) is 2.29. The SMILES string of the molecule is O=C(O)c1csc(Cc2ccccc2Cl)n1. The summed E-state index contributed by atoms with van der Waals surface area (Å²) in [7, 11) is 0. The molecule has 0 fully saturated rings. The van der Waals surface area contributed by atoms with Gasteiger partial charge >= 0.3 is 5.97 Å². The Bertz CT molecular complexity index is 524. The smallest absolute Gasteiger partial charge is 0.355 e. The second-order valence-corrected chi connectivity index (χ2v) is 4.55. The van der Waals surface area contributed by atoms with Crippen LogP contribution < -0.4 is 0 Å². The van der Waals surface area contributed by atoms with Crippen LogP contribution in [0.2, 0.25) is 5.02 Å². The van der Waals surface area contributed by atoms with Crippen molar-refractivity contribution in [2.45, 2.75) is 6.42 Å². The zero-order chi connectivity index (χ0) is 11.5. The second kappa shape index (κ2) is 4.63. The lowest BCUT2D eigenvalue weighted by atomic mass is 10.2. The van der Waals surface area contributed by atoms with Crippen LogP contribution in [-0.4, -0.2) is 16.1 Å². The zero-order valence-electron chi connectivity index (χ0n) is 8.18. The van der Waals surface area contributed by atoms with Crippen molar-refractivity contribution in [1.82, 2.24) is 4.98 Å². The van der Waals surface area contributed by atoms with Crippen LogP contribution in [-0.2, 0) is 6.42 Å². The first-order chi connectivity index (χ1) is 7.66. The van der Waals surface area contributed by atoms with E-state index in [9.17, 15) is 4.79 Å². The Hall–Kier alpha value is -1.39. The molecule has 0 atom stereocenters. The fraction of sp³-hybridized carbons (Fsp3) is 0.0909. The molecule has 0 unspecified atom stereocenters. The van der Waals surface area contributed by atoms with Crippen molar-refractivity contribution in [3.05, 3.63) is 50.9 Å². The van der Waals surface area contributed by atoms with Crippen LogP contribution >= 0.6 is 22.9 Å². The first-order valence-electron chi connectivity index (χ1n) is 4.58. The molecule has 0 aliphatic carbocycles. The number of carboxylic acid groups (broad SMARTS) is 1. The molecule has 0 aliphatic heterocycles. The van der Waals surface area contributed by atoms with Crippen LogP contribution in [0.25, 0.3) is 0 Å². The number of carbonyl (C=O) groups is 1. The van der Waals surface area contributed by atoms with Gasteiger partial charge in [-0.3, -0.25) is 0 Å². The number of benzene rings is 1. The molecule has 0 saturated heterocycles. The maximum atomic E-state index is 10.7. The van der Waals surface area contributed by atoms with Gasteiger partial charge in [0.1, 0.15) is 0 Å². The van der Waals surface area contributed by atoms with Crippen LogP contribution in [0.1, 0.15) is 21.1 Å². The Labute approximate surface area is 101 Å². The molecule has 5 heteroatoms. The summed E-state index contributed by atoms with van der Waals surface area (Å²) in [5, 5.41) is 11.7. The number of aromatic carboxylic acids is 1. The molecule has 16 heavy (non-hydrogen) atoms. The van der Waals surface area contributed by atoms with Crippen LogP contribution in [0.3, 0.4) is 0 Å². The molecule has 0 spiro atoms. The first kappa shape index (κ1) is 11.1. The van der Waals surface area contributed by atoms with Gasteiger partial charge in [-0.05, 0) is 11.6 Å². The van der Waals surface area contributed by atoms with E-state index >= 15 is 0 Å². The Morgan fingerprint density at radius 1 is 1.44 bits per heavy atom. The predicted molar refractivity (Wildman–Crippen MR) is 63.3 cm³/mol. The van der Waals surface area contributed by atoms with Crippen LogP contribution in [0.15, 0.2) is 29.6 Å². The van der Waals surface area contributed by atoms with Gasteiger partial charge in [0.15, 0.2) is 5.69 Å². The van der Waals surface area contributed by atoms with Gasteiger partial charge in [0, 0.05) is 16.8 Å². The minimum atomic E-state index is -0.998. The van der Waals surface area contributed by atoms with Gasteiger partial charge < -0.3 is 5.11 Å². The van der Waals surface area contributed by atoms with Gasteiger partial charge in [0.05, 0.1) is 5.01 Å². The molecule has 2 aromatic rings. The number of carboxylic acids is 1. The molecule has 1 aromatic carbocycles. The summed E-state index contributed by atoms with van der Waals surface area (Å²) in [6.07, 6.45) is 0.567. The highest BCUT2D eigenvalue weighted by molar-refractivity contribution is 7.09. The molecule has 1 heterocycles. The minimum Gasteiger partial charge on any atom is -0.476 e. The molecule has 0 aliphatic rings. The topological polar surface area (TPSA) is 50.2 Å². The molecule has 82 valence electrons. The van der Waals surface area contributed by atoms with Crippen molar-refractivity contribution < 1.29 is 9.90 Å². The Morgan fingerprint density at radius 3 is 2.81 bits per heavy atom. The molecule has 0 radical (unpaired) electrons. The third kappa shape index (κ3) is 2.40. The lowest BCUT2D eigenvalue weighted by Gasteiger charge is -2.00. The average Bonchev–Trinajstić information content (AvgIpc) is 2.70. The Morgan fingerprint density at radius 2 is 2.19 bits per heavy atom. The summed E-state index contributed by atoms with van der Waals surface area (Å²) < 4.78 is 0. The summed E-state index contributed by atoms with van der Waals surface area (Å²) in [5.74, 6) is -0.998. The van der Waals surface area contributed by atoms with Gasteiger partial charge in [-0.15, -0.1) is 11.3 Å². The Kier molecular flexibility index (Phi) is 3.22. The number of halogens is 1. The quantitative estimate of drug-likeness (QED) is 0.915. The van der Waals surface area contributed by atoms with Crippen molar-refractivity contribution in [2.75, 3.05) is 0 Å². The molecular weight excluding hydrogens is 246 g/mol. The third-order valence-corrected chi connectivity index (χ3v) is 3.29.